The van der Waals surface area contributed by atoms with Crippen LogP contribution >= 0.6 is 0 Å². The maximum absolute atomic E-state index is 13.3. The fraction of sp³-hybridized carbons (Fsp3) is 0.348. The number of hydrogen-bond acceptors (Lipinski definition) is 5. The maximum Gasteiger partial charge on any atom is 0.335 e. The van der Waals surface area contributed by atoms with Gasteiger partial charge in [0.15, 0.2) is 0 Å². The summed E-state index contributed by atoms with van der Waals surface area (Å²) in [6.45, 7) is 10.1. The smallest absolute Gasteiger partial charge is 0.335 e. The molecule has 7 nitrogen and oxygen atoms in total. The molecule has 4 rings (SSSR count). The third-order valence-electron chi connectivity index (χ3n) is 5.87. The van der Waals surface area contributed by atoms with E-state index in [1.165, 1.54) is 23.0 Å². The Morgan fingerprint density at radius 3 is 2.47 bits per heavy atom. The molecule has 0 radical (unpaired) electrons. The molecule has 0 aliphatic carbocycles. The highest BCUT2D eigenvalue weighted by Crippen LogP contribution is 2.22. The number of fused-ring (bicyclic) bond motifs is 1. The normalized spacial score (nSPS) is 15.1. The van der Waals surface area contributed by atoms with Crippen LogP contribution in [0.15, 0.2) is 47.5 Å². The molecule has 0 unspecified atom stereocenters. The molecule has 1 aliphatic heterocycles. The van der Waals surface area contributed by atoms with Gasteiger partial charge in [0.25, 0.3) is 5.56 Å². The third kappa shape index (κ3) is 3.68. The summed E-state index contributed by atoms with van der Waals surface area (Å²) in [5.41, 5.74) is 2.92. The molecule has 0 atom stereocenters. The highest BCUT2D eigenvalue weighted by Gasteiger charge is 2.20. The quantitative estimate of drug-likeness (QED) is 0.718. The van der Waals surface area contributed by atoms with E-state index >= 15 is 0 Å². The van der Waals surface area contributed by atoms with Crippen LogP contribution in [-0.4, -0.2) is 57.7 Å². The van der Waals surface area contributed by atoms with Crippen molar-refractivity contribution >= 4 is 22.6 Å². The van der Waals surface area contributed by atoms with Crippen LogP contribution in [0.4, 0.5) is 5.69 Å². The standard InChI is InChI=1S/C23H26N4O3/c1-15(2)25-8-10-26(11-9-25)18-6-7-20-19(13-18)22(28)27(14-24-20)21-12-17(23(29)30)5-4-16(21)3/h4-7,12-15H,8-11H2,1-3H3,(H,29,30). The molecule has 7 heteroatoms. The minimum absolute atomic E-state index is 0.138. The topological polar surface area (TPSA) is 78.7 Å². The molecule has 2 heterocycles. The number of aromatic nitrogens is 2. The van der Waals surface area contributed by atoms with E-state index in [4.69, 9.17) is 0 Å². The summed E-state index contributed by atoms with van der Waals surface area (Å²) in [7, 11) is 0. The second-order valence-electron chi connectivity index (χ2n) is 8.04. The Bertz CT molecular complexity index is 1160. The van der Waals surface area contributed by atoms with Crippen LogP contribution in [0.2, 0.25) is 0 Å². The zero-order valence-electron chi connectivity index (χ0n) is 17.5. The van der Waals surface area contributed by atoms with Gasteiger partial charge >= 0.3 is 5.97 Å². The minimum Gasteiger partial charge on any atom is -0.478 e. The largest absolute Gasteiger partial charge is 0.478 e. The van der Waals surface area contributed by atoms with Crippen LogP contribution in [-0.2, 0) is 0 Å². The van der Waals surface area contributed by atoms with Crippen molar-refractivity contribution in [3.05, 3.63) is 64.2 Å². The van der Waals surface area contributed by atoms with E-state index in [0.717, 1.165) is 37.4 Å². The van der Waals surface area contributed by atoms with Crippen LogP contribution in [0.5, 0.6) is 0 Å². The van der Waals surface area contributed by atoms with Gasteiger partial charge < -0.3 is 10.0 Å². The number of carbonyl (C=O) groups is 1. The molecule has 1 saturated heterocycles. The number of piperazine rings is 1. The minimum atomic E-state index is -1.03. The van der Waals surface area contributed by atoms with Crippen molar-refractivity contribution in [1.82, 2.24) is 14.5 Å². The van der Waals surface area contributed by atoms with E-state index in [2.05, 4.69) is 28.6 Å². The number of anilines is 1. The molecule has 0 amide bonds. The van der Waals surface area contributed by atoms with Crippen LogP contribution in [0.25, 0.3) is 16.6 Å². The lowest BCUT2D eigenvalue weighted by Crippen LogP contribution is -2.48. The molecule has 30 heavy (non-hydrogen) atoms. The van der Waals surface area contributed by atoms with Gasteiger partial charge in [0.05, 0.1) is 22.2 Å². The van der Waals surface area contributed by atoms with Crippen molar-refractivity contribution in [2.45, 2.75) is 26.8 Å². The summed E-state index contributed by atoms with van der Waals surface area (Å²) in [5.74, 6) is -1.03. The number of rotatable bonds is 4. The molecular formula is C23H26N4O3. The summed E-state index contributed by atoms with van der Waals surface area (Å²) in [5, 5.41) is 9.84. The van der Waals surface area contributed by atoms with Gasteiger partial charge in [0.1, 0.15) is 6.33 Å². The van der Waals surface area contributed by atoms with Gasteiger partial charge in [-0.3, -0.25) is 14.3 Å². The Hall–Kier alpha value is -3.19. The first-order valence-corrected chi connectivity index (χ1v) is 10.2. The molecule has 0 spiro atoms. The van der Waals surface area contributed by atoms with Crippen molar-refractivity contribution in [3.8, 4) is 5.69 Å². The number of benzene rings is 2. The third-order valence-corrected chi connectivity index (χ3v) is 5.87. The molecule has 0 bridgehead atoms. The second kappa shape index (κ2) is 7.91. The Balaban J connectivity index is 1.74. The summed E-state index contributed by atoms with van der Waals surface area (Å²) in [6.07, 6.45) is 1.47. The summed E-state index contributed by atoms with van der Waals surface area (Å²) < 4.78 is 1.44. The van der Waals surface area contributed by atoms with Crippen molar-refractivity contribution in [2.24, 2.45) is 0 Å². The number of carboxylic acids is 1. The summed E-state index contributed by atoms with van der Waals surface area (Å²) >= 11 is 0. The van der Waals surface area contributed by atoms with E-state index in [-0.39, 0.29) is 11.1 Å². The maximum atomic E-state index is 13.3. The van der Waals surface area contributed by atoms with E-state index in [1.807, 2.05) is 25.1 Å². The summed E-state index contributed by atoms with van der Waals surface area (Å²) in [4.78, 5) is 33.8. The average Bonchev–Trinajstić information content (AvgIpc) is 2.74. The Labute approximate surface area is 175 Å². The Morgan fingerprint density at radius 1 is 1.07 bits per heavy atom. The number of hydrogen-bond donors (Lipinski definition) is 1. The van der Waals surface area contributed by atoms with Crippen molar-refractivity contribution in [3.63, 3.8) is 0 Å². The van der Waals surface area contributed by atoms with Crippen LogP contribution in [0, 0.1) is 6.92 Å². The Kier molecular flexibility index (Phi) is 5.30. The summed E-state index contributed by atoms with van der Waals surface area (Å²) in [6, 6.07) is 11.1. The fourth-order valence-electron chi connectivity index (χ4n) is 3.98. The predicted octanol–water partition coefficient (Wildman–Crippen LogP) is 2.92. The predicted molar refractivity (Wildman–Crippen MR) is 118 cm³/mol. The van der Waals surface area contributed by atoms with Crippen LogP contribution in [0.1, 0.15) is 29.8 Å². The molecule has 1 N–H and O–H groups in total. The van der Waals surface area contributed by atoms with Crippen molar-refractivity contribution in [2.75, 3.05) is 31.1 Å². The molecule has 156 valence electrons. The molecule has 0 saturated carbocycles. The van der Waals surface area contributed by atoms with E-state index in [9.17, 15) is 14.7 Å². The first kappa shape index (κ1) is 20.1. The molecule has 1 aliphatic rings. The molecule has 3 aromatic rings. The second-order valence-corrected chi connectivity index (χ2v) is 8.04. The number of aromatic carboxylic acids is 1. The fourth-order valence-corrected chi connectivity index (χ4v) is 3.98. The first-order chi connectivity index (χ1) is 14.3. The van der Waals surface area contributed by atoms with Gasteiger partial charge in [-0.2, -0.15) is 0 Å². The highest BCUT2D eigenvalue weighted by molar-refractivity contribution is 5.88. The lowest BCUT2D eigenvalue weighted by molar-refractivity contribution is 0.0697. The number of aryl methyl sites for hydroxylation is 1. The molecule has 1 aromatic heterocycles. The monoisotopic (exact) mass is 406 g/mol. The first-order valence-electron chi connectivity index (χ1n) is 10.2. The highest BCUT2D eigenvalue weighted by atomic mass is 16.4. The number of carboxylic acid groups (broad SMARTS) is 1. The van der Waals surface area contributed by atoms with E-state index in [0.29, 0.717) is 22.6 Å². The Morgan fingerprint density at radius 2 is 1.80 bits per heavy atom. The molecular weight excluding hydrogens is 380 g/mol. The van der Waals surface area contributed by atoms with Gasteiger partial charge in [-0.15, -0.1) is 0 Å². The van der Waals surface area contributed by atoms with Crippen LogP contribution in [0.3, 0.4) is 0 Å². The van der Waals surface area contributed by atoms with Gasteiger partial charge in [0.2, 0.25) is 0 Å². The van der Waals surface area contributed by atoms with Crippen molar-refractivity contribution < 1.29 is 9.90 Å². The lowest BCUT2D eigenvalue weighted by Gasteiger charge is -2.38. The molecule has 2 aromatic carbocycles. The van der Waals surface area contributed by atoms with Gasteiger partial charge in [-0.25, -0.2) is 9.78 Å². The average molecular weight is 406 g/mol. The van der Waals surface area contributed by atoms with E-state index < -0.39 is 5.97 Å². The SMILES string of the molecule is Cc1ccc(C(=O)O)cc1-n1cnc2ccc(N3CCN(C(C)C)CC3)cc2c1=O. The zero-order valence-corrected chi connectivity index (χ0v) is 17.5. The van der Waals surface area contributed by atoms with E-state index in [1.54, 1.807) is 6.07 Å². The van der Waals surface area contributed by atoms with Gasteiger partial charge in [-0.05, 0) is 56.7 Å². The lowest BCUT2D eigenvalue weighted by atomic mass is 10.1. The van der Waals surface area contributed by atoms with Gasteiger partial charge in [0, 0.05) is 37.9 Å². The number of nitrogens with zero attached hydrogens (tertiary/aromatic N) is 4. The van der Waals surface area contributed by atoms with Crippen molar-refractivity contribution in [1.29, 1.82) is 0 Å². The molecule has 1 fully saturated rings. The van der Waals surface area contributed by atoms with Gasteiger partial charge in [-0.1, -0.05) is 6.07 Å². The van der Waals surface area contributed by atoms with Crippen LogP contribution < -0.4 is 10.5 Å². The zero-order chi connectivity index (χ0) is 21.4.